The van der Waals surface area contributed by atoms with Crippen molar-refractivity contribution in [3.8, 4) is 0 Å². The summed E-state index contributed by atoms with van der Waals surface area (Å²) in [5.74, 6) is -0.127. The average molecular weight is 260 g/mol. The van der Waals surface area contributed by atoms with Gasteiger partial charge in [0.2, 0.25) is 0 Å². The van der Waals surface area contributed by atoms with Crippen LogP contribution in [0.15, 0.2) is 18.2 Å². The first-order valence-electron chi connectivity index (χ1n) is 5.14. The summed E-state index contributed by atoms with van der Waals surface area (Å²) >= 11 is 12.0. The molecule has 88 valence electrons. The predicted molar refractivity (Wildman–Crippen MR) is 68.0 cm³/mol. The van der Waals surface area contributed by atoms with E-state index in [9.17, 15) is 4.79 Å². The molecule has 16 heavy (non-hydrogen) atoms. The Morgan fingerprint density at radius 1 is 1.31 bits per heavy atom. The van der Waals surface area contributed by atoms with Crippen molar-refractivity contribution in [2.24, 2.45) is 11.7 Å². The molecule has 0 spiro atoms. The molecule has 2 N–H and O–H groups in total. The van der Waals surface area contributed by atoms with Crippen molar-refractivity contribution in [3.63, 3.8) is 0 Å². The van der Waals surface area contributed by atoms with Crippen LogP contribution >= 0.6 is 23.2 Å². The van der Waals surface area contributed by atoms with E-state index in [4.69, 9.17) is 28.9 Å². The lowest BCUT2D eigenvalue weighted by Gasteiger charge is -2.15. The number of halogens is 2. The van der Waals surface area contributed by atoms with Gasteiger partial charge < -0.3 is 5.73 Å². The zero-order valence-electron chi connectivity index (χ0n) is 9.34. The third kappa shape index (κ3) is 3.21. The van der Waals surface area contributed by atoms with Gasteiger partial charge in [0, 0.05) is 28.4 Å². The van der Waals surface area contributed by atoms with Crippen LogP contribution in [0.4, 0.5) is 0 Å². The second kappa shape index (κ2) is 5.67. The number of hydrogen-bond acceptors (Lipinski definition) is 2. The highest BCUT2D eigenvalue weighted by molar-refractivity contribution is 6.36. The van der Waals surface area contributed by atoms with Crippen molar-refractivity contribution in [1.29, 1.82) is 0 Å². The Bertz CT molecular complexity index is 370. The minimum absolute atomic E-state index is 0.0602. The second-order valence-electron chi connectivity index (χ2n) is 3.99. The molecule has 2 nitrogen and oxygen atoms in total. The Kier molecular flexibility index (Phi) is 4.78. The lowest BCUT2D eigenvalue weighted by atomic mass is 9.94. The molecule has 0 aromatic heterocycles. The smallest absolute Gasteiger partial charge is 0.141 e. The van der Waals surface area contributed by atoms with Gasteiger partial charge in [-0.05, 0) is 24.6 Å². The van der Waals surface area contributed by atoms with Crippen LogP contribution in [0.25, 0.3) is 0 Å². The number of Topliss-reactive ketones (excluding diaryl/α,β-unsaturated/α-hetero) is 1. The summed E-state index contributed by atoms with van der Waals surface area (Å²) in [7, 11) is 0. The molecule has 2 unspecified atom stereocenters. The molecule has 0 amide bonds. The molecule has 4 heteroatoms. The van der Waals surface area contributed by atoms with E-state index in [-0.39, 0.29) is 24.2 Å². The van der Waals surface area contributed by atoms with Gasteiger partial charge in [-0.15, -0.1) is 0 Å². The quantitative estimate of drug-likeness (QED) is 0.903. The topological polar surface area (TPSA) is 43.1 Å². The van der Waals surface area contributed by atoms with Crippen LogP contribution in [-0.2, 0) is 11.2 Å². The lowest BCUT2D eigenvalue weighted by molar-refractivity contribution is -0.122. The SMILES string of the molecule is CC(N)C(C)C(=O)Cc1c(Cl)cccc1Cl. The van der Waals surface area contributed by atoms with Crippen LogP contribution in [0, 0.1) is 5.92 Å². The van der Waals surface area contributed by atoms with Gasteiger partial charge in [0.15, 0.2) is 0 Å². The second-order valence-corrected chi connectivity index (χ2v) is 4.81. The van der Waals surface area contributed by atoms with E-state index in [0.29, 0.717) is 15.6 Å². The Morgan fingerprint density at radius 2 is 1.81 bits per heavy atom. The molecule has 0 saturated heterocycles. The summed E-state index contributed by atoms with van der Waals surface area (Å²) in [5.41, 5.74) is 6.36. The highest BCUT2D eigenvalue weighted by Gasteiger charge is 2.19. The van der Waals surface area contributed by atoms with Gasteiger partial charge in [-0.3, -0.25) is 4.79 Å². The zero-order valence-corrected chi connectivity index (χ0v) is 10.8. The molecule has 1 rings (SSSR count). The van der Waals surface area contributed by atoms with Gasteiger partial charge in [0.1, 0.15) is 5.78 Å². The number of carbonyl (C=O) groups is 1. The van der Waals surface area contributed by atoms with E-state index >= 15 is 0 Å². The molecule has 2 atom stereocenters. The predicted octanol–water partition coefficient (Wildman–Crippen LogP) is 3.09. The maximum Gasteiger partial charge on any atom is 0.141 e. The van der Waals surface area contributed by atoms with E-state index in [0.717, 1.165) is 0 Å². The van der Waals surface area contributed by atoms with Gasteiger partial charge in [-0.25, -0.2) is 0 Å². The van der Waals surface area contributed by atoms with Gasteiger partial charge in [-0.1, -0.05) is 36.2 Å². The summed E-state index contributed by atoms with van der Waals surface area (Å²) in [6.07, 6.45) is 0.237. The molecule has 1 aromatic rings. The monoisotopic (exact) mass is 259 g/mol. The minimum Gasteiger partial charge on any atom is -0.327 e. The van der Waals surface area contributed by atoms with Crippen LogP contribution in [-0.4, -0.2) is 11.8 Å². The normalized spacial score (nSPS) is 14.6. The van der Waals surface area contributed by atoms with Crippen LogP contribution in [0.3, 0.4) is 0 Å². The summed E-state index contributed by atoms with van der Waals surface area (Å²) in [4.78, 5) is 11.9. The Morgan fingerprint density at radius 3 is 2.25 bits per heavy atom. The van der Waals surface area contributed by atoms with Gasteiger partial charge in [0.25, 0.3) is 0 Å². The van der Waals surface area contributed by atoms with Crippen molar-refractivity contribution in [2.45, 2.75) is 26.3 Å². The van der Waals surface area contributed by atoms with E-state index in [1.807, 2.05) is 13.8 Å². The Labute approximate surface area is 106 Å². The first-order valence-corrected chi connectivity index (χ1v) is 5.90. The number of hydrogen-bond donors (Lipinski definition) is 1. The molecule has 1 aromatic carbocycles. The van der Waals surface area contributed by atoms with Crippen molar-refractivity contribution in [3.05, 3.63) is 33.8 Å². The standard InChI is InChI=1S/C12H15Cl2NO/c1-7(8(2)15)12(16)6-9-10(13)4-3-5-11(9)14/h3-5,7-8H,6,15H2,1-2H3. The summed E-state index contributed by atoms with van der Waals surface area (Å²) in [6, 6.07) is 5.06. The first kappa shape index (κ1) is 13.5. The largest absolute Gasteiger partial charge is 0.327 e. The van der Waals surface area contributed by atoms with Gasteiger partial charge in [0.05, 0.1) is 0 Å². The lowest BCUT2D eigenvalue weighted by Crippen LogP contribution is -2.31. The Balaban J connectivity index is 2.85. The van der Waals surface area contributed by atoms with Crippen LogP contribution < -0.4 is 5.73 Å². The first-order chi connectivity index (χ1) is 7.43. The molecule has 0 fully saturated rings. The van der Waals surface area contributed by atoms with E-state index in [1.165, 1.54) is 0 Å². The van der Waals surface area contributed by atoms with Crippen LogP contribution in [0.1, 0.15) is 19.4 Å². The molecule has 0 aliphatic heterocycles. The van der Waals surface area contributed by atoms with Gasteiger partial charge in [-0.2, -0.15) is 0 Å². The molecule has 0 aliphatic rings. The highest BCUT2D eigenvalue weighted by atomic mass is 35.5. The highest BCUT2D eigenvalue weighted by Crippen LogP contribution is 2.25. The van der Waals surface area contributed by atoms with Crippen LogP contribution in [0.2, 0.25) is 10.0 Å². The molecule has 0 bridgehead atoms. The van der Waals surface area contributed by atoms with Crippen molar-refractivity contribution >= 4 is 29.0 Å². The van der Waals surface area contributed by atoms with Crippen LogP contribution in [0.5, 0.6) is 0 Å². The van der Waals surface area contributed by atoms with Crippen molar-refractivity contribution in [1.82, 2.24) is 0 Å². The van der Waals surface area contributed by atoms with E-state index in [1.54, 1.807) is 18.2 Å². The summed E-state index contributed by atoms with van der Waals surface area (Å²) in [5, 5.41) is 1.05. The third-order valence-electron chi connectivity index (χ3n) is 2.71. The number of ketones is 1. The maximum absolute atomic E-state index is 11.9. The average Bonchev–Trinajstić information content (AvgIpc) is 2.22. The van der Waals surface area contributed by atoms with Crippen molar-refractivity contribution in [2.75, 3.05) is 0 Å². The Hall–Kier alpha value is -0.570. The summed E-state index contributed by atoms with van der Waals surface area (Å²) < 4.78 is 0. The fourth-order valence-corrected chi connectivity index (χ4v) is 1.86. The number of rotatable bonds is 4. The molecular formula is C12H15Cl2NO. The van der Waals surface area contributed by atoms with Crippen molar-refractivity contribution < 1.29 is 4.79 Å². The fourth-order valence-electron chi connectivity index (χ4n) is 1.33. The van der Waals surface area contributed by atoms with E-state index in [2.05, 4.69) is 0 Å². The number of nitrogens with two attached hydrogens (primary N) is 1. The molecular weight excluding hydrogens is 245 g/mol. The zero-order chi connectivity index (χ0) is 12.3. The molecule has 0 aliphatic carbocycles. The van der Waals surface area contributed by atoms with Gasteiger partial charge >= 0.3 is 0 Å². The minimum atomic E-state index is -0.188. The fraction of sp³-hybridized carbons (Fsp3) is 0.417. The molecule has 0 radical (unpaired) electrons. The third-order valence-corrected chi connectivity index (χ3v) is 3.42. The maximum atomic E-state index is 11.9. The molecule has 0 heterocycles. The van der Waals surface area contributed by atoms with E-state index < -0.39 is 0 Å². The number of carbonyl (C=O) groups excluding carboxylic acids is 1. The summed E-state index contributed by atoms with van der Waals surface area (Å²) in [6.45, 7) is 3.63. The molecule has 0 saturated carbocycles. The number of benzene rings is 1.